The van der Waals surface area contributed by atoms with Gasteiger partial charge in [0.1, 0.15) is 17.5 Å². The van der Waals surface area contributed by atoms with E-state index in [-0.39, 0.29) is 12.0 Å². The molecule has 2 aromatic carbocycles. The van der Waals surface area contributed by atoms with Crippen molar-refractivity contribution in [3.63, 3.8) is 0 Å². The predicted molar refractivity (Wildman–Crippen MR) is 122 cm³/mol. The number of rotatable bonds is 5. The monoisotopic (exact) mass is 425 g/mol. The Labute approximate surface area is 183 Å². The Bertz CT molecular complexity index is 921. The molecular formula is C24H31N3O4. The summed E-state index contributed by atoms with van der Waals surface area (Å²) in [7, 11) is 1.77. The number of benzene rings is 2. The van der Waals surface area contributed by atoms with E-state index in [1.54, 1.807) is 57.0 Å². The lowest BCUT2D eigenvalue weighted by molar-refractivity contribution is 0.0635. The average Bonchev–Trinajstić information content (AvgIpc) is 2.71. The fourth-order valence-electron chi connectivity index (χ4n) is 3.50. The molecule has 1 atom stereocenters. The standard InChI is InChI=1S/C24H31N3O4/c1-6-27-16-19(30-21-10-8-7-9-20(21)27)15-26(5)22(28)17-11-13-18(14-12-17)25-23(29)31-24(2,3)4/h7-14,19H,6,15-16H2,1-5H3,(H,25,29)/t19-/m1/s1. The van der Waals surface area contributed by atoms with Crippen LogP contribution >= 0.6 is 0 Å². The molecule has 0 fully saturated rings. The van der Waals surface area contributed by atoms with Gasteiger partial charge in [-0.2, -0.15) is 0 Å². The summed E-state index contributed by atoms with van der Waals surface area (Å²) in [4.78, 5) is 28.7. The first-order valence-electron chi connectivity index (χ1n) is 10.5. The van der Waals surface area contributed by atoms with Gasteiger partial charge in [0.15, 0.2) is 0 Å². The number of para-hydroxylation sites is 2. The van der Waals surface area contributed by atoms with Crippen molar-refractivity contribution in [3.8, 4) is 5.75 Å². The third kappa shape index (κ3) is 5.90. The number of carbonyl (C=O) groups is 2. The van der Waals surface area contributed by atoms with Crippen LogP contribution in [0.15, 0.2) is 48.5 Å². The summed E-state index contributed by atoms with van der Waals surface area (Å²) in [5.74, 6) is 0.744. The second-order valence-electron chi connectivity index (χ2n) is 8.64. The zero-order valence-corrected chi connectivity index (χ0v) is 18.8. The first kappa shape index (κ1) is 22.5. The Hall–Kier alpha value is -3.22. The van der Waals surface area contributed by atoms with Gasteiger partial charge < -0.3 is 19.3 Å². The van der Waals surface area contributed by atoms with Crippen molar-refractivity contribution in [3.05, 3.63) is 54.1 Å². The van der Waals surface area contributed by atoms with Crippen LogP contribution in [0, 0.1) is 0 Å². The SMILES string of the molecule is CCN1C[C@@H](CN(C)C(=O)c2ccc(NC(=O)OC(C)(C)C)cc2)Oc2ccccc21. The van der Waals surface area contributed by atoms with Crippen LogP contribution in [0.1, 0.15) is 38.1 Å². The number of hydrogen-bond acceptors (Lipinski definition) is 5. The highest BCUT2D eigenvalue weighted by molar-refractivity contribution is 5.95. The fraction of sp³-hybridized carbons (Fsp3) is 0.417. The molecule has 3 rings (SSSR count). The molecule has 0 unspecified atom stereocenters. The van der Waals surface area contributed by atoms with Crippen molar-refractivity contribution >= 4 is 23.4 Å². The van der Waals surface area contributed by atoms with Gasteiger partial charge in [-0.3, -0.25) is 10.1 Å². The molecule has 1 N–H and O–H groups in total. The highest BCUT2D eigenvalue weighted by atomic mass is 16.6. The lowest BCUT2D eigenvalue weighted by Gasteiger charge is -2.37. The molecule has 2 aromatic rings. The van der Waals surface area contributed by atoms with Gasteiger partial charge in [-0.25, -0.2) is 4.79 Å². The summed E-state index contributed by atoms with van der Waals surface area (Å²) < 4.78 is 11.4. The van der Waals surface area contributed by atoms with Gasteiger partial charge in [-0.1, -0.05) is 12.1 Å². The number of anilines is 2. The van der Waals surface area contributed by atoms with E-state index < -0.39 is 11.7 Å². The number of fused-ring (bicyclic) bond motifs is 1. The Morgan fingerprint density at radius 2 is 1.84 bits per heavy atom. The minimum absolute atomic E-state index is 0.102. The number of nitrogens with one attached hydrogen (secondary N) is 1. The molecule has 0 saturated heterocycles. The zero-order chi connectivity index (χ0) is 22.6. The number of ether oxygens (including phenoxy) is 2. The molecule has 0 radical (unpaired) electrons. The van der Waals surface area contributed by atoms with E-state index in [4.69, 9.17) is 9.47 Å². The maximum atomic E-state index is 12.9. The van der Waals surface area contributed by atoms with Crippen LogP contribution in [0.3, 0.4) is 0 Å². The minimum atomic E-state index is -0.572. The van der Waals surface area contributed by atoms with Gasteiger partial charge in [0.05, 0.1) is 18.8 Å². The quantitative estimate of drug-likeness (QED) is 0.769. The predicted octanol–water partition coefficient (Wildman–Crippen LogP) is 4.39. The summed E-state index contributed by atoms with van der Waals surface area (Å²) in [6.07, 6.45) is -0.643. The van der Waals surface area contributed by atoms with Gasteiger partial charge in [0, 0.05) is 24.8 Å². The number of nitrogens with zero attached hydrogens (tertiary/aromatic N) is 2. The molecule has 7 heteroatoms. The number of hydrogen-bond donors (Lipinski definition) is 1. The molecule has 0 aliphatic carbocycles. The molecule has 0 saturated carbocycles. The molecule has 31 heavy (non-hydrogen) atoms. The summed E-state index contributed by atoms with van der Waals surface area (Å²) in [5, 5.41) is 2.67. The number of amides is 2. The maximum Gasteiger partial charge on any atom is 0.412 e. The molecule has 1 aliphatic heterocycles. The van der Waals surface area contributed by atoms with Crippen molar-refractivity contribution in [2.45, 2.75) is 39.4 Å². The van der Waals surface area contributed by atoms with Crippen molar-refractivity contribution < 1.29 is 19.1 Å². The van der Waals surface area contributed by atoms with Crippen molar-refractivity contribution in [2.24, 2.45) is 0 Å². The normalized spacial score (nSPS) is 15.5. The molecule has 166 valence electrons. The van der Waals surface area contributed by atoms with E-state index in [1.807, 2.05) is 18.2 Å². The van der Waals surface area contributed by atoms with E-state index in [1.165, 1.54) is 0 Å². The van der Waals surface area contributed by atoms with E-state index in [0.717, 1.165) is 24.5 Å². The number of carbonyl (C=O) groups excluding carboxylic acids is 2. The van der Waals surface area contributed by atoms with Gasteiger partial charge in [0.2, 0.25) is 0 Å². The maximum absolute atomic E-state index is 12.9. The summed E-state index contributed by atoms with van der Waals surface area (Å²) in [6.45, 7) is 9.60. The Morgan fingerprint density at radius 3 is 2.48 bits per heavy atom. The molecular weight excluding hydrogens is 394 g/mol. The van der Waals surface area contributed by atoms with Crippen LogP contribution in [-0.2, 0) is 4.74 Å². The minimum Gasteiger partial charge on any atom is -0.485 e. The molecule has 1 aliphatic rings. The topological polar surface area (TPSA) is 71.1 Å². The van der Waals surface area contributed by atoms with Crippen LogP contribution in [0.2, 0.25) is 0 Å². The lowest BCUT2D eigenvalue weighted by Crippen LogP contribution is -2.46. The van der Waals surface area contributed by atoms with Crippen molar-refractivity contribution in [2.75, 3.05) is 36.9 Å². The molecule has 0 spiro atoms. The molecule has 7 nitrogen and oxygen atoms in total. The Kier molecular flexibility index (Phi) is 6.73. The second-order valence-corrected chi connectivity index (χ2v) is 8.64. The van der Waals surface area contributed by atoms with Crippen LogP contribution in [-0.4, -0.2) is 55.3 Å². The number of likely N-dealkylation sites (N-methyl/N-ethyl adjacent to an activating group) is 2. The first-order chi connectivity index (χ1) is 14.7. The van der Waals surface area contributed by atoms with Crippen LogP contribution < -0.4 is 15.0 Å². The molecule has 1 heterocycles. The smallest absolute Gasteiger partial charge is 0.412 e. The Morgan fingerprint density at radius 1 is 1.16 bits per heavy atom. The van der Waals surface area contributed by atoms with Crippen molar-refractivity contribution in [1.82, 2.24) is 4.90 Å². The third-order valence-electron chi connectivity index (χ3n) is 4.91. The van der Waals surface area contributed by atoms with E-state index in [2.05, 4.69) is 23.2 Å². The highest BCUT2D eigenvalue weighted by Crippen LogP contribution is 2.33. The fourth-order valence-corrected chi connectivity index (χ4v) is 3.50. The Balaban J connectivity index is 1.59. The highest BCUT2D eigenvalue weighted by Gasteiger charge is 2.27. The molecule has 0 aromatic heterocycles. The van der Waals surface area contributed by atoms with Gasteiger partial charge in [-0.15, -0.1) is 0 Å². The average molecular weight is 426 g/mol. The van der Waals surface area contributed by atoms with Crippen LogP contribution in [0.25, 0.3) is 0 Å². The largest absolute Gasteiger partial charge is 0.485 e. The molecule has 2 amide bonds. The van der Waals surface area contributed by atoms with Crippen molar-refractivity contribution in [1.29, 1.82) is 0 Å². The first-order valence-corrected chi connectivity index (χ1v) is 10.5. The summed E-state index contributed by atoms with van der Waals surface area (Å²) in [5.41, 5.74) is 1.63. The third-order valence-corrected chi connectivity index (χ3v) is 4.91. The summed E-state index contributed by atoms with van der Waals surface area (Å²) in [6, 6.07) is 14.7. The zero-order valence-electron chi connectivity index (χ0n) is 18.8. The van der Waals surface area contributed by atoms with Gasteiger partial charge >= 0.3 is 6.09 Å². The van der Waals surface area contributed by atoms with E-state index in [0.29, 0.717) is 17.8 Å². The van der Waals surface area contributed by atoms with Gasteiger partial charge in [-0.05, 0) is 64.1 Å². The lowest BCUT2D eigenvalue weighted by atomic mass is 10.1. The van der Waals surface area contributed by atoms with E-state index >= 15 is 0 Å². The van der Waals surface area contributed by atoms with Crippen LogP contribution in [0.4, 0.5) is 16.2 Å². The van der Waals surface area contributed by atoms with Gasteiger partial charge in [0.25, 0.3) is 5.91 Å². The molecule has 0 bridgehead atoms. The summed E-state index contributed by atoms with van der Waals surface area (Å²) >= 11 is 0. The van der Waals surface area contributed by atoms with Crippen LogP contribution in [0.5, 0.6) is 5.75 Å². The second kappa shape index (κ2) is 9.29. The van der Waals surface area contributed by atoms with E-state index in [9.17, 15) is 9.59 Å².